The van der Waals surface area contributed by atoms with Crippen molar-refractivity contribution >= 4 is 62.3 Å². The zero-order valence-corrected chi connectivity index (χ0v) is 27.7. The molecule has 0 heterocycles. The van der Waals surface area contributed by atoms with Crippen LogP contribution in [-0.4, -0.2) is 51.4 Å². The van der Waals surface area contributed by atoms with E-state index >= 15 is 0 Å². The van der Waals surface area contributed by atoms with Crippen LogP contribution in [0.1, 0.15) is 18.1 Å². The van der Waals surface area contributed by atoms with Crippen molar-refractivity contribution in [3.8, 4) is 5.75 Å². The quantitative estimate of drug-likeness (QED) is 0.170. The van der Waals surface area contributed by atoms with Crippen molar-refractivity contribution in [2.75, 3.05) is 24.5 Å². The number of rotatable bonds is 13. The summed E-state index contributed by atoms with van der Waals surface area (Å²) in [6.45, 7) is 1.47. The van der Waals surface area contributed by atoms with Crippen LogP contribution in [0.15, 0.2) is 102 Å². The van der Waals surface area contributed by atoms with E-state index in [1.807, 2.05) is 37.3 Å². The summed E-state index contributed by atoms with van der Waals surface area (Å²) in [5.41, 5.74) is 1.44. The number of carbonyl (C=O) groups excluding carboxylic acids is 2. The summed E-state index contributed by atoms with van der Waals surface area (Å²) in [6, 6.07) is 25.1. The topological polar surface area (TPSA) is 96.0 Å². The highest BCUT2D eigenvalue weighted by Gasteiger charge is 2.35. The number of anilines is 1. The van der Waals surface area contributed by atoms with Crippen LogP contribution in [-0.2, 0) is 32.6 Å². The zero-order chi connectivity index (χ0) is 32.6. The first-order chi connectivity index (χ1) is 21.5. The average molecular weight is 689 g/mol. The molecule has 0 fully saturated rings. The van der Waals surface area contributed by atoms with Crippen molar-refractivity contribution < 1.29 is 22.7 Å². The lowest BCUT2D eigenvalue weighted by Crippen LogP contribution is -2.53. The second kappa shape index (κ2) is 15.5. The van der Waals surface area contributed by atoms with E-state index in [4.69, 9.17) is 39.5 Å². The van der Waals surface area contributed by atoms with Crippen LogP contribution in [0.5, 0.6) is 5.75 Å². The van der Waals surface area contributed by atoms with Crippen LogP contribution in [0.25, 0.3) is 0 Å². The average Bonchev–Trinajstić information content (AvgIpc) is 3.03. The smallest absolute Gasteiger partial charge is 0.264 e. The van der Waals surface area contributed by atoms with Gasteiger partial charge in [-0.2, -0.15) is 0 Å². The lowest BCUT2D eigenvalue weighted by atomic mass is 10.0. The van der Waals surface area contributed by atoms with Crippen LogP contribution >= 0.6 is 34.8 Å². The van der Waals surface area contributed by atoms with Gasteiger partial charge >= 0.3 is 0 Å². The van der Waals surface area contributed by atoms with E-state index < -0.39 is 34.4 Å². The van der Waals surface area contributed by atoms with E-state index in [1.165, 1.54) is 36.2 Å². The molecule has 0 radical (unpaired) electrons. The Morgan fingerprint density at radius 3 is 2.04 bits per heavy atom. The van der Waals surface area contributed by atoms with Gasteiger partial charge in [0.2, 0.25) is 11.8 Å². The standard InChI is InChI=1S/C33H32Cl3N3O5S/c1-3-44-26-16-14-25(15-17-26)39(45(42,43)27-18-12-24(34)13-19-27)22-32(40)38(21-28-29(35)10-7-11-30(28)36)31(33(41)37-2)20-23-8-5-4-6-9-23/h4-19,31H,3,20-22H2,1-2H3,(H,37,41)/t31-/m1/s1. The number of hydrogen-bond donors (Lipinski definition) is 1. The Morgan fingerprint density at radius 1 is 0.844 bits per heavy atom. The Bertz CT molecular complexity index is 1700. The molecular weight excluding hydrogens is 657 g/mol. The minimum atomic E-state index is -4.29. The second-order valence-electron chi connectivity index (χ2n) is 9.93. The lowest BCUT2D eigenvalue weighted by molar-refractivity contribution is -0.139. The molecule has 1 atom stereocenters. The number of halogens is 3. The van der Waals surface area contributed by atoms with Crippen molar-refractivity contribution in [3.63, 3.8) is 0 Å². The fourth-order valence-corrected chi connectivity index (χ4v) is 6.77. The molecule has 45 heavy (non-hydrogen) atoms. The monoisotopic (exact) mass is 687 g/mol. The summed E-state index contributed by atoms with van der Waals surface area (Å²) < 4.78 is 34.7. The van der Waals surface area contributed by atoms with Crippen molar-refractivity contribution in [1.29, 1.82) is 0 Å². The molecule has 12 heteroatoms. The largest absolute Gasteiger partial charge is 0.494 e. The molecule has 4 aromatic carbocycles. The van der Waals surface area contributed by atoms with Gasteiger partial charge in [0.25, 0.3) is 10.0 Å². The molecule has 0 aliphatic heterocycles. The van der Waals surface area contributed by atoms with Gasteiger partial charge in [-0.1, -0.05) is 71.2 Å². The van der Waals surface area contributed by atoms with Gasteiger partial charge in [-0.05, 0) is 73.2 Å². The minimum Gasteiger partial charge on any atom is -0.494 e. The highest BCUT2D eigenvalue weighted by atomic mass is 35.5. The molecule has 4 aromatic rings. The summed E-state index contributed by atoms with van der Waals surface area (Å²) >= 11 is 19.1. The minimum absolute atomic E-state index is 0.0681. The molecule has 0 aliphatic carbocycles. The van der Waals surface area contributed by atoms with Gasteiger partial charge in [0.1, 0.15) is 18.3 Å². The van der Waals surface area contributed by atoms with Crippen molar-refractivity contribution in [1.82, 2.24) is 10.2 Å². The van der Waals surface area contributed by atoms with E-state index in [-0.39, 0.29) is 23.5 Å². The maximum absolute atomic E-state index is 14.4. The Labute approximate surface area is 278 Å². The number of nitrogens with one attached hydrogen (secondary N) is 1. The molecule has 8 nitrogen and oxygen atoms in total. The fraction of sp³-hybridized carbons (Fsp3) is 0.212. The van der Waals surface area contributed by atoms with Crippen molar-refractivity contribution in [3.05, 3.63) is 123 Å². The first-order valence-electron chi connectivity index (χ1n) is 14.0. The number of nitrogens with zero attached hydrogens (tertiary/aromatic N) is 2. The van der Waals surface area contributed by atoms with E-state index in [1.54, 1.807) is 42.5 Å². The van der Waals surface area contributed by atoms with Crippen LogP contribution < -0.4 is 14.4 Å². The van der Waals surface area contributed by atoms with Gasteiger partial charge < -0.3 is 15.0 Å². The van der Waals surface area contributed by atoms with Crippen molar-refractivity contribution in [2.24, 2.45) is 0 Å². The third-order valence-electron chi connectivity index (χ3n) is 7.02. The van der Waals surface area contributed by atoms with Crippen LogP contribution in [0.4, 0.5) is 5.69 Å². The number of ether oxygens (including phenoxy) is 1. The number of sulfonamides is 1. The number of likely N-dealkylation sites (N-methyl/N-ethyl adjacent to an activating group) is 1. The third kappa shape index (κ3) is 8.49. The predicted molar refractivity (Wildman–Crippen MR) is 179 cm³/mol. The lowest BCUT2D eigenvalue weighted by Gasteiger charge is -2.34. The highest BCUT2D eigenvalue weighted by Crippen LogP contribution is 2.30. The molecule has 0 saturated heterocycles. The Morgan fingerprint density at radius 2 is 1.47 bits per heavy atom. The first-order valence-corrected chi connectivity index (χ1v) is 16.6. The summed E-state index contributed by atoms with van der Waals surface area (Å²) in [5.74, 6) is -0.556. The summed E-state index contributed by atoms with van der Waals surface area (Å²) in [7, 11) is -2.82. The number of benzene rings is 4. The third-order valence-corrected chi connectivity index (χ3v) is 9.77. The maximum Gasteiger partial charge on any atom is 0.264 e. The molecule has 0 bridgehead atoms. The number of carbonyl (C=O) groups is 2. The number of amides is 2. The Hall–Kier alpha value is -3.76. The molecule has 4 rings (SSSR count). The predicted octanol–water partition coefficient (Wildman–Crippen LogP) is 6.63. The van der Waals surface area contributed by atoms with Gasteiger partial charge in [0.15, 0.2) is 0 Å². The van der Waals surface area contributed by atoms with Gasteiger partial charge in [0.05, 0.1) is 17.2 Å². The molecular formula is C33H32Cl3N3O5S. The zero-order valence-electron chi connectivity index (χ0n) is 24.6. The summed E-state index contributed by atoms with van der Waals surface area (Å²) in [4.78, 5) is 29.1. The van der Waals surface area contributed by atoms with Gasteiger partial charge in [-0.3, -0.25) is 13.9 Å². The molecule has 0 aromatic heterocycles. The molecule has 0 unspecified atom stereocenters. The highest BCUT2D eigenvalue weighted by molar-refractivity contribution is 7.92. The molecule has 0 saturated carbocycles. The fourth-order valence-electron chi connectivity index (χ4n) is 4.71. The van der Waals surface area contributed by atoms with E-state index in [0.717, 1.165) is 9.87 Å². The summed E-state index contributed by atoms with van der Waals surface area (Å²) in [5, 5.41) is 3.60. The van der Waals surface area contributed by atoms with Gasteiger partial charge in [-0.15, -0.1) is 0 Å². The van der Waals surface area contributed by atoms with E-state index in [9.17, 15) is 18.0 Å². The van der Waals surface area contributed by atoms with Gasteiger partial charge in [0, 0.05) is 40.6 Å². The van der Waals surface area contributed by atoms with Crippen LogP contribution in [0.3, 0.4) is 0 Å². The SMILES string of the molecule is CCOc1ccc(N(CC(=O)N(Cc2c(Cl)cccc2Cl)[C@H](Cc2ccccc2)C(=O)NC)S(=O)(=O)c2ccc(Cl)cc2)cc1. The molecule has 0 spiro atoms. The van der Waals surface area contributed by atoms with Crippen LogP contribution in [0, 0.1) is 0 Å². The molecule has 1 N–H and O–H groups in total. The maximum atomic E-state index is 14.4. The second-order valence-corrected chi connectivity index (χ2v) is 13.0. The molecule has 0 aliphatic rings. The number of hydrogen-bond acceptors (Lipinski definition) is 5. The van der Waals surface area contributed by atoms with Crippen LogP contribution in [0.2, 0.25) is 15.1 Å². The molecule has 236 valence electrons. The summed E-state index contributed by atoms with van der Waals surface area (Å²) in [6.07, 6.45) is 0.154. The van der Waals surface area contributed by atoms with E-state index in [0.29, 0.717) is 33.0 Å². The molecule has 2 amide bonds. The van der Waals surface area contributed by atoms with Gasteiger partial charge in [-0.25, -0.2) is 8.42 Å². The normalized spacial score (nSPS) is 11.8. The van der Waals surface area contributed by atoms with Crippen molar-refractivity contribution in [2.45, 2.75) is 30.8 Å². The van der Waals surface area contributed by atoms with E-state index in [2.05, 4.69) is 5.32 Å². The first kappa shape index (κ1) is 34.1. The Kier molecular flexibility index (Phi) is 11.7. The Balaban J connectivity index is 1.81.